The molecule has 0 aromatic rings. The van der Waals surface area contributed by atoms with E-state index in [9.17, 15) is 0 Å². The molecule has 0 bridgehead atoms. The Kier molecular flexibility index (Phi) is 6.13. The third-order valence-electron chi connectivity index (χ3n) is 0.903. The van der Waals surface area contributed by atoms with Gasteiger partial charge in [0.25, 0.3) is 0 Å². The van der Waals surface area contributed by atoms with Crippen molar-refractivity contribution < 1.29 is 0 Å². The molecule has 0 aliphatic heterocycles. The maximum absolute atomic E-state index is 5.42. The van der Waals surface area contributed by atoms with Crippen LogP contribution in [-0.2, 0) is 0 Å². The van der Waals surface area contributed by atoms with Crippen molar-refractivity contribution in [2.24, 2.45) is 0 Å². The predicted octanol–water partition coefficient (Wildman–Crippen LogP) is 3.18. The van der Waals surface area contributed by atoms with Gasteiger partial charge in [-0.15, -0.1) is 23.2 Å². The third kappa shape index (κ3) is 6.58. The van der Waals surface area contributed by atoms with Gasteiger partial charge in [-0.05, 0) is 12.8 Å². The number of halogens is 2. The van der Waals surface area contributed by atoms with E-state index in [1.807, 2.05) is 6.42 Å². The maximum atomic E-state index is 5.42. The van der Waals surface area contributed by atoms with Crippen LogP contribution < -0.4 is 0 Å². The molecule has 0 spiro atoms. The molecular weight excluding hydrogens is 143 g/mol. The van der Waals surface area contributed by atoms with Crippen LogP contribution in [0.15, 0.2) is 0 Å². The highest BCUT2D eigenvalue weighted by molar-refractivity contribution is 6.45. The Bertz CT molecular complexity index is 43.8. The molecule has 0 aromatic heterocycles. The number of alkyl halides is 2. The summed E-state index contributed by atoms with van der Waals surface area (Å²) in [5, 5.41) is 0. The highest BCUT2D eigenvalue weighted by Crippen LogP contribution is 2.10. The normalized spacial score (nSPS) is 10.5. The Labute approximate surface area is 61.2 Å². The number of unbranched alkanes of at least 4 members (excludes halogenated alkanes) is 2. The largest absolute Gasteiger partial charge is 0.111 e. The number of rotatable bonds is 4. The Hall–Kier alpha value is 0.580. The summed E-state index contributed by atoms with van der Waals surface area (Å²) in [4.78, 5) is -0.276. The molecule has 2 heteroatoms. The number of hydrogen-bond acceptors (Lipinski definition) is 0. The van der Waals surface area contributed by atoms with Crippen LogP contribution in [0.25, 0.3) is 0 Å². The van der Waals surface area contributed by atoms with E-state index in [1.165, 1.54) is 12.8 Å². The summed E-state index contributed by atoms with van der Waals surface area (Å²) >= 11 is 10.8. The van der Waals surface area contributed by atoms with Crippen LogP contribution in [0.5, 0.6) is 0 Å². The van der Waals surface area contributed by atoms with E-state index in [-0.39, 0.29) is 4.84 Å². The Morgan fingerprint density at radius 3 is 2.50 bits per heavy atom. The lowest BCUT2D eigenvalue weighted by Gasteiger charge is -1.96. The highest BCUT2D eigenvalue weighted by atomic mass is 35.5. The molecule has 0 fully saturated rings. The van der Waals surface area contributed by atoms with Gasteiger partial charge in [-0.1, -0.05) is 19.8 Å². The van der Waals surface area contributed by atoms with Crippen LogP contribution in [0, 0.1) is 6.42 Å². The fourth-order valence-corrected chi connectivity index (χ4v) is 0.700. The molecular formula is C6H11Cl2. The average Bonchev–Trinajstić information content (AvgIpc) is 1.66. The van der Waals surface area contributed by atoms with Crippen molar-refractivity contribution in [3.05, 3.63) is 6.42 Å². The molecule has 49 valence electrons. The van der Waals surface area contributed by atoms with Crippen molar-refractivity contribution in [3.8, 4) is 0 Å². The molecule has 0 atom stereocenters. The Balaban J connectivity index is 2.72. The van der Waals surface area contributed by atoms with Gasteiger partial charge in [-0.2, -0.15) is 0 Å². The molecule has 1 radical (unpaired) electrons. The van der Waals surface area contributed by atoms with Gasteiger partial charge < -0.3 is 0 Å². The minimum absolute atomic E-state index is 0.276. The first-order chi connectivity index (χ1) is 3.77. The van der Waals surface area contributed by atoms with Crippen LogP contribution in [0.1, 0.15) is 26.2 Å². The summed E-state index contributed by atoms with van der Waals surface area (Å²) in [6, 6.07) is 0. The lowest BCUT2D eigenvalue weighted by molar-refractivity contribution is 0.779. The van der Waals surface area contributed by atoms with E-state index in [4.69, 9.17) is 23.2 Å². The lowest BCUT2D eigenvalue weighted by Crippen LogP contribution is -1.86. The van der Waals surface area contributed by atoms with Crippen molar-refractivity contribution >= 4 is 23.2 Å². The fourth-order valence-electron chi connectivity index (χ4n) is 0.448. The van der Waals surface area contributed by atoms with E-state index < -0.39 is 0 Å². The van der Waals surface area contributed by atoms with Crippen molar-refractivity contribution in [2.45, 2.75) is 31.0 Å². The summed E-state index contributed by atoms with van der Waals surface area (Å²) in [6.07, 6.45) is 5.34. The molecule has 0 aliphatic carbocycles. The topological polar surface area (TPSA) is 0 Å². The van der Waals surface area contributed by atoms with Gasteiger partial charge in [0.1, 0.15) is 4.84 Å². The highest BCUT2D eigenvalue weighted by Gasteiger charge is 1.95. The van der Waals surface area contributed by atoms with E-state index in [0.717, 1.165) is 6.42 Å². The monoisotopic (exact) mass is 153 g/mol. The Morgan fingerprint density at radius 2 is 2.12 bits per heavy atom. The molecule has 0 amide bonds. The van der Waals surface area contributed by atoms with Gasteiger partial charge in [0.15, 0.2) is 0 Å². The van der Waals surface area contributed by atoms with Crippen LogP contribution in [-0.4, -0.2) is 4.84 Å². The lowest BCUT2D eigenvalue weighted by atomic mass is 10.2. The quantitative estimate of drug-likeness (QED) is 0.430. The first-order valence-corrected chi connectivity index (χ1v) is 3.76. The molecule has 0 N–H and O–H groups in total. The minimum atomic E-state index is -0.276. The fraction of sp³-hybridized carbons (Fsp3) is 0.833. The van der Waals surface area contributed by atoms with E-state index in [0.29, 0.717) is 0 Å². The molecule has 0 saturated carbocycles. The van der Waals surface area contributed by atoms with E-state index in [2.05, 4.69) is 6.92 Å². The van der Waals surface area contributed by atoms with Gasteiger partial charge in [0.2, 0.25) is 0 Å². The predicted molar refractivity (Wildman–Crippen MR) is 39.3 cm³/mol. The van der Waals surface area contributed by atoms with Gasteiger partial charge in [0.05, 0.1) is 0 Å². The zero-order valence-electron chi connectivity index (χ0n) is 5.03. The first kappa shape index (κ1) is 8.58. The Morgan fingerprint density at radius 1 is 1.50 bits per heavy atom. The smallest absolute Gasteiger partial charge is 0.105 e. The van der Waals surface area contributed by atoms with Gasteiger partial charge in [-0.25, -0.2) is 0 Å². The SMILES string of the molecule is CCCC[CH]C(Cl)Cl. The van der Waals surface area contributed by atoms with Gasteiger partial charge in [-0.3, -0.25) is 0 Å². The molecule has 0 nitrogen and oxygen atoms in total. The van der Waals surface area contributed by atoms with Crippen molar-refractivity contribution in [2.75, 3.05) is 0 Å². The molecule has 0 unspecified atom stereocenters. The standard InChI is InChI=1S/C6H11Cl2/c1-2-3-4-5-6(7)8/h5-6H,2-4H2,1H3. The summed E-state index contributed by atoms with van der Waals surface area (Å²) in [7, 11) is 0. The van der Waals surface area contributed by atoms with Crippen LogP contribution in [0.4, 0.5) is 0 Å². The number of hydrogen-bond donors (Lipinski definition) is 0. The third-order valence-corrected chi connectivity index (χ3v) is 1.26. The molecule has 0 saturated heterocycles. The summed E-state index contributed by atoms with van der Waals surface area (Å²) in [5.41, 5.74) is 0. The van der Waals surface area contributed by atoms with Crippen molar-refractivity contribution in [1.29, 1.82) is 0 Å². The van der Waals surface area contributed by atoms with Gasteiger partial charge >= 0.3 is 0 Å². The van der Waals surface area contributed by atoms with E-state index in [1.54, 1.807) is 0 Å². The van der Waals surface area contributed by atoms with Crippen LogP contribution >= 0.6 is 23.2 Å². The van der Waals surface area contributed by atoms with Crippen LogP contribution in [0.3, 0.4) is 0 Å². The minimum Gasteiger partial charge on any atom is -0.105 e. The van der Waals surface area contributed by atoms with E-state index >= 15 is 0 Å². The summed E-state index contributed by atoms with van der Waals surface area (Å²) in [6.45, 7) is 2.14. The second-order valence-corrected chi connectivity index (χ2v) is 2.88. The van der Waals surface area contributed by atoms with Crippen molar-refractivity contribution in [1.82, 2.24) is 0 Å². The molecule has 8 heavy (non-hydrogen) atoms. The van der Waals surface area contributed by atoms with Crippen LogP contribution in [0.2, 0.25) is 0 Å². The van der Waals surface area contributed by atoms with Crippen molar-refractivity contribution in [3.63, 3.8) is 0 Å². The maximum Gasteiger partial charge on any atom is 0.111 e. The molecule has 0 heterocycles. The summed E-state index contributed by atoms with van der Waals surface area (Å²) in [5.74, 6) is 0. The zero-order chi connectivity index (χ0) is 6.41. The second kappa shape index (κ2) is 5.71. The molecule has 0 aromatic carbocycles. The molecule has 0 rings (SSSR count). The van der Waals surface area contributed by atoms with Gasteiger partial charge in [0, 0.05) is 0 Å². The zero-order valence-corrected chi connectivity index (χ0v) is 6.54. The first-order valence-electron chi connectivity index (χ1n) is 2.89. The second-order valence-electron chi connectivity index (χ2n) is 1.71. The molecule has 0 aliphatic rings. The average molecular weight is 154 g/mol. The summed E-state index contributed by atoms with van der Waals surface area (Å²) < 4.78 is 0.